The SMILES string of the molecule is CC(=O)NNC(=O)c1cccc(C(=O)NNC(=O)c2ccc(C)cc2)c1. The van der Waals surface area contributed by atoms with Gasteiger partial charge in [0, 0.05) is 23.6 Å². The van der Waals surface area contributed by atoms with Crippen LogP contribution in [-0.4, -0.2) is 23.6 Å². The maximum Gasteiger partial charge on any atom is 0.269 e. The number of aryl methyl sites for hydroxylation is 1. The van der Waals surface area contributed by atoms with Gasteiger partial charge in [0.1, 0.15) is 0 Å². The number of amides is 4. The van der Waals surface area contributed by atoms with Crippen molar-refractivity contribution in [2.24, 2.45) is 0 Å². The van der Waals surface area contributed by atoms with E-state index in [-0.39, 0.29) is 11.1 Å². The number of hydrazine groups is 2. The van der Waals surface area contributed by atoms with Gasteiger partial charge in [-0.3, -0.25) is 40.9 Å². The van der Waals surface area contributed by atoms with Crippen LogP contribution in [0.4, 0.5) is 0 Å². The minimum atomic E-state index is -0.584. The predicted octanol–water partition coefficient (Wildman–Crippen LogP) is 0.851. The molecule has 0 aliphatic rings. The van der Waals surface area contributed by atoms with Crippen molar-refractivity contribution in [2.45, 2.75) is 13.8 Å². The molecule has 8 nitrogen and oxygen atoms in total. The van der Waals surface area contributed by atoms with E-state index in [1.165, 1.54) is 31.2 Å². The number of nitrogens with one attached hydrogen (secondary N) is 4. The lowest BCUT2D eigenvalue weighted by molar-refractivity contribution is -0.119. The van der Waals surface area contributed by atoms with Crippen molar-refractivity contribution >= 4 is 23.6 Å². The lowest BCUT2D eigenvalue weighted by Gasteiger charge is -2.09. The topological polar surface area (TPSA) is 116 Å². The Hall–Kier alpha value is -3.68. The van der Waals surface area contributed by atoms with Gasteiger partial charge in [0.25, 0.3) is 17.7 Å². The molecule has 0 saturated heterocycles. The molecule has 0 atom stereocenters. The molecule has 0 aliphatic carbocycles. The van der Waals surface area contributed by atoms with Gasteiger partial charge < -0.3 is 0 Å². The minimum Gasteiger partial charge on any atom is -0.274 e. The largest absolute Gasteiger partial charge is 0.274 e. The second-order valence-corrected chi connectivity index (χ2v) is 5.49. The number of rotatable bonds is 3. The average molecular weight is 354 g/mol. The van der Waals surface area contributed by atoms with Gasteiger partial charge in [-0.2, -0.15) is 0 Å². The zero-order valence-electron chi connectivity index (χ0n) is 14.3. The second-order valence-electron chi connectivity index (χ2n) is 5.49. The van der Waals surface area contributed by atoms with Gasteiger partial charge in [-0.1, -0.05) is 23.8 Å². The van der Waals surface area contributed by atoms with Gasteiger partial charge in [0.15, 0.2) is 0 Å². The van der Waals surface area contributed by atoms with Crippen molar-refractivity contribution in [1.82, 2.24) is 21.7 Å². The van der Waals surface area contributed by atoms with E-state index in [9.17, 15) is 19.2 Å². The van der Waals surface area contributed by atoms with Crippen molar-refractivity contribution in [2.75, 3.05) is 0 Å². The summed E-state index contributed by atoms with van der Waals surface area (Å²) in [5, 5.41) is 0. The van der Waals surface area contributed by atoms with Gasteiger partial charge in [0.05, 0.1) is 0 Å². The molecule has 0 unspecified atom stereocenters. The molecule has 4 N–H and O–H groups in total. The third-order valence-electron chi connectivity index (χ3n) is 3.34. The van der Waals surface area contributed by atoms with E-state index >= 15 is 0 Å². The lowest BCUT2D eigenvalue weighted by Crippen LogP contribution is -2.42. The van der Waals surface area contributed by atoms with E-state index in [1.807, 2.05) is 6.92 Å². The predicted molar refractivity (Wildman–Crippen MR) is 93.8 cm³/mol. The summed E-state index contributed by atoms with van der Waals surface area (Å²) in [5.74, 6) is -2.04. The Morgan fingerprint density at radius 1 is 0.654 bits per heavy atom. The monoisotopic (exact) mass is 354 g/mol. The highest BCUT2D eigenvalue weighted by atomic mass is 16.2. The molecule has 0 heterocycles. The maximum absolute atomic E-state index is 12.1. The van der Waals surface area contributed by atoms with E-state index in [0.717, 1.165) is 5.56 Å². The highest BCUT2D eigenvalue weighted by molar-refractivity contribution is 6.01. The molecule has 0 aliphatic heterocycles. The smallest absolute Gasteiger partial charge is 0.269 e. The van der Waals surface area contributed by atoms with Crippen LogP contribution >= 0.6 is 0 Å². The number of carbonyl (C=O) groups excluding carboxylic acids is 4. The van der Waals surface area contributed by atoms with Crippen LogP contribution in [0.3, 0.4) is 0 Å². The third kappa shape index (κ3) is 5.17. The molecule has 0 spiro atoms. The van der Waals surface area contributed by atoms with Gasteiger partial charge in [0.2, 0.25) is 5.91 Å². The summed E-state index contributed by atoms with van der Waals surface area (Å²) in [7, 11) is 0. The summed E-state index contributed by atoms with van der Waals surface area (Å²) in [6.45, 7) is 3.15. The Morgan fingerprint density at radius 3 is 1.62 bits per heavy atom. The number of hydrogen-bond donors (Lipinski definition) is 4. The Kier molecular flexibility index (Phi) is 6.05. The van der Waals surface area contributed by atoms with Gasteiger partial charge in [-0.15, -0.1) is 0 Å². The van der Waals surface area contributed by atoms with Crippen molar-refractivity contribution in [3.05, 3.63) is 70.8 Å². The molecule has 4 amide bonds. The first-order valence-electron chi connectivity index (χ1n) is 7.71. The number of carbonyl (C=O) groups is 4. The summed E-state index contributed by atoms with van der Waals surface area (Å²) < 4.78 is 0. The molecular formula is C18H18N4O4. The summed E-state index contributed by atoms with van der Waals surface area (Å²) in [5.41, 5.74) is 10.7. The highest BCUT2D eigenvalue weighted by Crippen LogP contribution is 2.06. The van der Waals surface area contributed by atoms with Crippen LogP contribution in [0.15, 0.2) is 48.5 Å². The van der Waals surface area contributed by atoms with Gasteiger partial charge >= 0.3 is 0 Å². The quantitative estimate of drug-likeness (QED) is 0.612. The standard InChI is InChI=1S/C18H18N4O4/c1-11-6-8-13(9-7-11)16(24)21-22-18(26)15-5-3-4-14(10-15)17(25)20-19-12(2)23/h3-10H,1-2H3,(H,19,23)(H,20,25)(H,21,24)(H,22,26). The molecule has 134 valence electrons. The van der Waals surface area contributed by atoms with Crippen LogP contribution in [0, 0.1) is 6.92 Å². The van der Waals surface area contributed by atoms with Crippen LogP contribution in [0.25, 0.3) is 0 Å². The molecule has 2 aromatic rings. The molecule has 8 heteroatoms. The zero-order chi connectivity index (χ0) is 19.1. The zero-order valence-corrected chi connectivity index (χ0v) is 14.3. The molecule has 26 heavy (non-hydrogen) atoms. The van der Waals surface area contributed by atoms with E-state index < -0.39 is 23.6 Å². The van der Waals surface area contributed by atoms with Gasteiger partial charge in [-0.05, 0) is 37.3 Å². The molecule has 2 aromatic carbocycles. The summed E-state index contributed by atoms with van der Waals surface area (Å²) >= 11 is 0. The molecule has 2 rings (SSSR count). The van der Waals surface area contributed by atoms with Crippen molar-refractivity contribution < 1.29 is 19.2 Å². The lowest BCUT2D eigenvalue weighted by atomic mass is 10.1. The number of hydrogen-bond acceptors (Lipinski definition) is 4. The molecule has 0 radical (unpaired) electrons. The molecule has 0 aromatic heterocycles. The normalized spacial score (nSPS) is 9.77. The Morgan fingerprint density at radius 2 is 1.12 bits per heavy atom. The Bertz CT molecular complexity index is 847. The first kappa shape index (κ1) is 18.7. The molecule has 0 fully saturated rings. The van der Waals surface area contributed by atoms with Crippen LogP contribution in [0.5, 0.6) is 0 Å². The van der Waals surface area contributed by atoms with Crippen LogP contribution in [-0.2, 0) is 4.79 Å². The fraction of sp³-hybridized carbons (Fsp3) is 0.111. The van der Waals surface area contributed by atoms with E-state index in [0.29, 0.717) is 5.56 Å². The van der Waals surface area contributed by atoms with Crippen molar-refractivity contribution in [3.63, 3.8) is 0 Å². The Balaban J connectivity index is 1.97. The van der Waals surface area contributed by atoms with Crippen LogP contribution < -0.4 is 21.7 Å². The van der Waals surface area contributed by atoms with Crippen molar-refractivity contribution in [3.8, 4) is 0 Å². The average Bonchev–Trinajstić information content (AvgIpc) is 2.64. The first-order chi connectivity index (χ1) is 12.4. The first-order valence-corrected chi connectivity index (χ1v) is 7.71. The summed E-state index contributed by atoms with van der Waals surface area (Å²) in [4.78, 5) is 46.8. The van der Waals surface area contributed by atoms with E-state index in [2.05, 4.69) is 21.7 Å². The molecule has 0 bridgehead atoms. The highest BCUT2D eigenvalue weighted by Gasteiger charge is 2.12. The fourth-order valence-corrected chi connectivity index (χ4v) is 1.98. The third-order valence-corrected chi connectivity index (χ3v) is 3.34. The second kappa shape index (κ2) is 8.43. The molecular weight excluding hydrogens is 336 g/mol. The summed E-state index contributed by atoms with van der Waals surface area (Å²) in [6.07, 6.45) is 0. The van der Waals surface area contributed by atoms with Crippen molar-refractivity contribution in [1.29, 1.82) is 0 Å². The summed E-state index contributed by atoms with van der Waals surface area (Å²) in [6, 6.07) is 12.7. The van der Waals surface area contributed by atoms with Crippen LogP contribution in [0.1, 0.15) is 43.6 Å². The fourth-order valence-electron chi connectivity index (χ4n) is 1.98. The Labute approximate surface area is 149 Å². The molecule has 0 saturated carbocycles. The number of benzene rings is 2. The van der Waals surface area contributed by atoms with Crippen LogP contribution in [0.2, 0.25) is 0 Å². The van der Waals surface area contributed by atoms with E-state index in [4.69, 9.17) is 0 Å². The maximum atomic E-state index is 12.1. The van der Waals surface area contributed by atoms with E-state index in [1.54, 1.807) is 24.3 Å². The van der Waals surface area contributed by atoms with Gasteiger partial charge in [-0.25, -0.2) is 0 Å². The minimum absolute atomic E-state index is 0.171.